The van der Waals surface area contributed by atoms with Crippen molar-refractivity contribution in [1.82, 2.24) is 15.2 Å². The monoisotopic (exact) mass is 247 g/mol. The number of likely N-dealkylation sites (tertiary alicyclic amines) is 1. The molecule has 1 atom stereocenters. The number of carbonyl (C=O) groups is 1. The van der Waals surface area contributed by atoms with Gasteiger partial charge in [0.2, 0.25) is 5.91 Å². The quantitative estimate of drug-likeness (QED) is 0.877. The van der Waals surface area contributed by atoms with Gasteiger partial charge in [-0.3, -0.25) is 14.7 Å². The van der Waals surface area contributed by atoms with Crippen LogP contribution >= 0.6 is 0 Å². The fraction of sp³-hybridized carbons (Fsp3) is 0.571. The van der Waals surface area contributed by atoms with E-state index >= 15 is 0 Å². The Hall–Kier alpha value is -1.42. The third kappa shape index (κ3) is 3.29. The second-order valence-electron chi connectivity index (χ2n) is 4.94. The fourth-order valence-electron chi connectivity index (χ4n) is 2.35. The Kier molecular flexibility index (Phi) is 4.31. The lowest BCUT2D eigenvalue weighted by Crippen LogP contribution is -2.43. The highest BCUT2D eigenvalue weighted by Crippen LogP contribution is 2.11. The van der Waals surface area contributed by atoms with Crippen molar-refractivity contribution in [3.8, 4) is 0 Å². The minimum Gasteiger partial charge on any atom is -0.351 e. The molecule has 0 radical (unpaired) electrons. The molecule has 1 amide bonds. The molecule has 1 N–H and O–H groups in total. The van der Waals surface area contributed by atoms with Gasteiger partial charge in [0, 0.05) is 18.4 Å². The van der Waals surface area contributed by atoms with Crippen molar-refractivity contribution in [2.75, 3.05) is 13.1 Å². The first-order valence-electron chi connectivity index (χ1n) is 6.60. The molecular weight excluding hydrogens is 226 g/mol. The molecular formula is C14H21N3O. The Balaban J connectivity index is 1.84. The highest BCUT2D eigenvalue weighted by Gasteiger charge is 2.23. The molecule has 1 aromatic heterocycles. The van der Waals surface area contributed by atoms with Gasteiger partial charge >= 0.3 is 0 Å². The molecule has 1 fully saturated rings. The first-order chi connectivity index (χ1) is 8.66. The average molecular weight is 247 g/mol. The molecule has 2 heterocycles. The van der Waals surface area contributed by atoms with Gasteiger partial charge in [-0.05, 0) is 57.5 Å². The predicted molar refractivity (Wildman–Crippen MR) is 71.1 cm³/mol. The van der Waals surface area contributed by atoms with E-state index in [9.17, 15) is 4.79 Å². The Bertz CT molecular complexity index is 413. The maximum Gasteiger partial charge on any atom is 0.237 e. The number of carbonyl (C=O) groups excluding carboxylic acids is 1. The number of amides is 1. The number of aromatic nitrogens is 1. The Labute approximate surface area is 108 Å². The number of nitrogens with zero attached hydrogens (tertiary/aromatic N) is 2. The van der Waals surface area contributed by atoms with Gasteiger partial charge in [-0.1, -0.05) is 0 Å². The molecule has 18 heavy (non-hydrogen) atoms. The zero-order valence-electron chi connectivity index (χ0n) is 11.1. The zero-order chi connectivity index (χ0) is 13.0. The van der Waals surface area contributed by atoms with E-state index in [0.717, 1.165) is 24.3 Å². The van der Waals surface area contributed by atoms with Crippen molar-refractivity contribution >= 4 is 5.91 Å². The molecule has 2 rings (SSSR count). The Morgan fingerprint density at radius 2 is 2.22 bits per heavy atom. The van der Waals surface area contributed by atoms with Crippen molar-refractivity contribution in [2.45, 2.75) is 39.3 Å². The van der Waals surface area contributed by atoms with Crippen LogP contribution < -0.4 is 5.32 Å². The third-order valence-electron chi connectivity index (χ3n) is 3.50. The summed E-state index contributed by atoms with van der Waals surface area (Å²) >= 11 is 0. The molecule has 4 heteroatoms. The van der Waals surface area contributed by atoms with Crippen LogP contribution in [0.3, 0.4) is 0 Å². The molecule has 4 nitrogen and oxygen atoms in total. The van der Waals surface area contributed by atoms with Crippen LogP contribution in [0.25, 0.3) is 0 Å². The smallest absolute Gasteiger partial charge is 0.237 e. The maximum atomic E-state index is 12.0. The number of hydrogen-bond donors (Lipinski definition) is 1. The van der Waals surface area contributed by atoms with E-state index in [0.29, 0.717) is 6.54 Å². The number of hydrogen-bond acceptors (Lipinski definition) is 3. The summed E-state index contributed by atoms with van der Waals surface area (Å²) in [5, 5.41) is 2.99. The largest absolute Gasteiger partial charge is 0.351 e. The summed E-state index contributed by atoms with van der Waals surface area (Å²) in [6, 6.07) is 3.92. The third-order valence-corrected chi connectivity index (χ3v) is 3.50. The fourth-order valence-corrected chi connectivity index (χ4v) is 2.35. The van der Waals surface area contributed by atoms with Crippen LogP contribution in [-0.4, -0.2) is 34.9 Å². The molecule has 0 aromatic carbocycles. The second kappa shape index (κ2) is 5.96. The molecule has 0 saturated carbocycles. The standard InChI is InChI=1S/C14H21N3O/c1-11-9-13(5-6-15-11)10-16-14(18)12(2)17-7-3-4-8-17/h5-6,9,12H,3-4,7-8,10H2,1-2H3,(H,16,18)/t12-/m1/s1. The summed E-state index contributed by atoms with van der Waals surface area (Å²) in [6.45, 7) is 6.61. The van der Waals surface area contributed by atoms with Crippen LogP contribution in [0.2, 0.25) is 0 Å². The summed E-state index contributed by atoms with van der Waals surface area (Å²) in [4.78, 5) is 18.4. The van der Waals surface area contributed by atoms with Crippen molar-refractivity contribution in [2.24, 2.45) is 0 Å². The lowest BCUT2D eigenvalue weighted by molar-refractivity contribution is -0.125. The molecule has 1 aliphatic rings. The molecule has 0 unspecified atom stereocenters. The van der Waals surface area contributed by atoms with Gasteiger partial charge < -0.3 is 5.32 Å². The molecule has 98 valence electrons. The molecule has 0 spiro atoms. The molecule has 1 saturated heterocycles. The lowest BCUT2D eigenvalue weighted by atomic mass is 10.2. The molecule has 0 bridgehead atoms. The van der Waals surface area contributed by atoms with Gasteiger partial charge in [0.05, 0.1) is 6.04 Å². The molecule has 0 aliphatic carbocycles. The first-order valence-corrected chi connectivity index (χ1v) is 6.60. The lowest BCUT2D eigenvalue weighted by Gasteiger charge is -2.22. The number of pyridine rings is 1. The van der Waals surface area contributed by atoms with E-state index in [4.69, 9.17) is 0 Å². The van der Waals surface area contributed by atoms with E-state index in [-0.39, 0.29) is 11.9 Å². The highest BCUT2D eigenvalue weighted by atomic mass is 16.2. The second-order valence-corrected chi connectivity index (χ2v) is 4.94. The van der Waals surface area contributed by atoms with E-state index in [1.807, 2.05) is 26.0 Å². The normalized spacial score (nSPS) is 17.7. The average Bonchev–Trinajstić information content (AvgIpc) is 2.89. The van der Waals surface area contributed by atoms with E-state index in [1.165, 1.54) is 12.8 Å². The maximum absolute atomic E-state index is 12.0. The zero-order valence-corrected chi connectivity index (χ0v) is 11.1. The van der Waals surface area contributed by atoms with Crippen LogP contribution in [0.15, 0.2) is 18.3 Å². The topological polar surface area (TPSA) is 45.2 Å². The summed E-state index contributed by atoms with van der Waals surface area (Å²) in [7, 11) is 0. The van der Waals surface area contributed by atoms with Crippen molar-refractivity contribution < 1.29 is 4.79 Å². The summed E-state index contributed by atoms with van der Waals surface area (Å²) in [5.74, 6) is 0.117. The van der Waals surface area contributed by atoms with E-state index in [1.54, 1.807) is 6.20 Å². The van der Waals surface area contributed by atoms with Crippen LogP contribution in [0.1, 0.15) is 31.0 Å². The Morgan fingerprint density at radius 1 is 1.50 bits per heavy atom. The summed E-state index contributed by atoms with van der Waals surface area (Å²) in [5.41, 5.74) is 2.08. The van der Waals surface area contributed by atoms with Crippen LogP contribution in [0, 0.1) is 6.92 Å². The highest BCUT2D eigenvalue weighted by molar-refractivity contribution is 5.81. The van der Waals surface area contributed by atoms with Gasteiger partial charge in [0.1, 0.15) is 0 Å². The first kappa shape index (κ1) is 13.0. The van der Waals surface area contributed by atoms with E-state index < -0.39 is 0 Å². The van der Waals surface area contributed by atoms with Crippen molar-refractivity contribution in [3.63, 3.8) is 0 Å². The van der Waals surface area contributed by atoms with Gasteiger partial charge in [0.25, 0.3) is 0 Å². The van der Waals surface area contributed by atoms with Gasteiger partial charge in [-0.15, -0.1) is 0 Å². The van der Waals surface area contributed by atoms with Gasteiger partial charge in [-0.2, -0.15) is 0 Å². The summed E-state index contributed by atoms with van der Waals surface area (Å²) in [6.07, 6.45) is 4.20. The Morgan fingerprint density at radius 3 is 2.89 bits per heavy atom. The van der Waals surface area contributed by atoms with Crippen LogP contribution in [-0.2, 0) is 11.3 Å². The van der Waals surface area contributed by atoms with Crippen LogP contribution in [0.4, 0.5) is 0 Å². The SMILES string of the molecule is Cc1cc(CNC(=O)[C@@H](C)N2CCCC2)ccn1. The van der Waals surface area contributed by atoms with Crippen molar-refractivity contribution in [1.29, 1.82) is 0 Å². The predicted octanol–water partition coefficient (Wildman–Crippen LogP) is 1.49. The number of nitrogens with one attached hydrogen (secondary N) is 1. The van der Waals surface area contributed by atoms with Crippen LogP contribution in [0.5, 0.6) is 0 Å². The molecule has 1 aromatic rings. The van der Waals surface area contributed by atoms with Crippen molar-refractivity contribution in [3.05, 3.63) is 29.6 Å². The number of rotatable bonds is 4. The molecule has 1 aliphatic heterocycles. The van der Waals surface area contributed by atoms with E-state index in [2.05, 4.69) is 15.2 Å². The summed E-state index contributed by atoms with van der Waals surface area (Å²) < 4.78 is 0. The number of aryl methyl sites for hydroxylation is 1. The minimum absolute atomic E-state index is 0.0181. The van der Waals surface area contributed by atoms with Gasteiger partial charge in [0.15, 0.2) is 0 Å². The van der Waals surface area contributed by atoms with Gasteiger partial charge in [-0.25, -0.2) is 0 Å². The minimum atomic E-state index is -0.0181.